The van der Waals surface area contributed by atoms with Gasteiger partial charge in [-0.25, -0.2) is 4.98 Å². The predicted octanol–water partition coefficient (Wildman–Crippen LogP) is 6.28. The van der Waals surface area contributed by atoms with Gasteiger partial charge in [0.15, 0.2) is 5.16 Å². The molecule has 4 nitrogen and oxygen atoms in total. The molecule has 0 radical (unpaired) electrons. The Morgan fingerprint density at radius 1 is 1.17 bits per heavy atom. The number of benzene rings is 1. The molecule has 1 saturated carbocycles. The van der Waals surface area contributed by atoms with Crippen LogP contribution in [-0.4, -0.2) is 21.9 Å². The lowest BCUT2D eigenvalue weighted by atomic mass is 9.97. The summed E-state index contributed by atoms with van der Waals surface area (Å²) < 4.78 is 7.85. The molecule has 0 aliphatic heterocycles. The SMILES string of the molecule is O=c1c2c3c(sc2nc(SCCOc2ccccc2Cl)n1C1CCCC1)CCCC3. The average Bonchev–Trinajstić information content (AvgIpc) is 3.40. The highest BCUT2D eigenvalue weighted by atomic mass is 35.5. The molecule has 2 heterocycles. The quantitative estimate of drug-likeness (QED) is 0.247. The molecule has 158 valence electrons. The van der Waals surface area contributed by atoms with Crippen LogP contribution in [0.1, 0.15) is 55.0 Å². The van der Waals surface area contributed by atoms with Gasteiger partial charge in [0.05, 0.1) is 17.0 Å². The highest BCUT2D eigenvalue weighted by Gasteiger charge is 2.26. The van der Waals surface area contributed by atoms with Gasteiger partial charge >= 0.3 is 0 Å². The first-order chi connectivity index (χ1) is 14.7. The number of fused-ring (bicyclic) bond motifs is 3. The van der Waals surface area contributed by atoms with Crippen molar-refractivity contribution in [2.45, 2.75) is 62.6 Å². The van der Waals surface area contributed by atoms with Gasteiger partial charge < -0.3 is 4.74 Å². The number of thiophene rings is 1. The van der Waals surface area contributed by atoms with E-state index < -0.39 is 0 Å². The third kappa shape index (κ3) is 3.90. The molecule has 0 atom stereocenters. The van der Waals surface area contributed by atoms with Crippen molar-refractivity contribution >= 4 is 44.9 Å². The van der Waals surface area contributed by atoms with Crippen LogP contribution in [0, 0.1) is 0 Å². The third-order valence-electron chi connectivity index (χ3n) is 6.09. The van der Waals surface area contributed by atoms with Crippen molar-refractivity contribution in [1.29, 1.82) is 0 Å². The molecule has 0 saturated heterocycles. The molecule has 0 unspecified atom stereocenters. The number of ether oxygens (including phenoxy) is 1. The zero-order chi connectivity index (χ0) is 20.5. The predicted molar refractivity (Wildman–Crippen MR) is 126 cm³/mol. The van der Waals surface area contributed by atoms with Crippen molar-refractivity contribution < 1.29 is 4.74 Å². The van der Waals surface area contributed by atoms with E-state index in [4.69, 9.17) is 21.3 Å². The molecule has 1 fully saturated rings. The molecule has 0 amide bonds. The second-order valence-electron chi connectivity index (χ2n) is 8.03. The van der Waals surface area contributed by atoms with E-state index in [9.17, 15) is 4.79 Å². The fraction of sp³-hybridized carbons (Fsp3) is 0.478. The van der Waals surface area contributed by atoms with Crippen molar-refractivity contribution in [3.8, 4) is 5.75 Å². The van der Waals surface area contributed by atoms with Crippen molar-refractivity contribution in [3.63, 3.8) is 0 Å². The Morgan fingerprint density at radius 2 is 1.97 bits per heavy atom. The summed E-state index contributed by atoms with van der Waals surface area (Å²) in [4.78, 5) is 21.0. The van der Waals surface area contributed by atoms with Gasteiger partial charge in [-0.2, -0.15) is 0 Å². The molecule has 5 rings (SSSR count). The molecule has 2 aliphatic carbocycles. The molecule has 0 bridgehead atoms. The van der Waals surface area contributed by atoms with E-state index in [-0.39, 0.29) is 11.6 Å². The fourth-order valence-electron chi connectivity index (χ4n) is 4.63. The molecule has 2 aliphatic rings. The van der Waals surface area contributed by atoms with Crippen LogP contribution in [0.15, 0.2) is 34.2 Å². The van der Waals surface area contributed by atoms with Gasteiger partial charge in [-0.3, -0.25) is 9.36 Å². The summed E-state index contributed by atoms with van der Waals surface area (Å²) in [7, 11) is 0. The number of aromatic nitrogens is 2. The number of aryl methyl sites for hydroxylation is 2. The molecule has 3 aromatic rings. The molecule has 30 heavy (non-hydrogen) atoms. The normalized spacial score (nSPS) is 16.8. The first-order valence-corrected chi connectivity index (χ1v) is 13.0. The van der Waals surface area contributed by atoms with E-state index in [1.807, 2.05) is 28.8 Å². The van der Waals surface area contributed by atoms with E-state index in [1.54, 1.807) is 23.1 Å². The van der Waals surface area contributed by atoms with Gasteiger partial charge in [-0.15, -0.1) is 11.3 Å². The summed E-state index contributed by atoms with van der Waals surface area (Å²) in [5.74, 6) is 1.42. The molecular weight excluding hydrogens is 436 g/mol. The lowest BCUT2D eigenvalue weighted by molar-refractivity contribution is 0.344. The van der Waals surface area contributed by atoms with Crippen LogP contribution in [0.3, 0.4) is 0 Å². The number of hydrogen-bond acceptors (Lipinski definition) is 5. The Labute approximate surface area is 189 Å². The maximum absolute atomic E-state index is 13.6. The van der Waals surface area contributed by atoms with Crippen molar-refractivity contribution in [2.24, 2.45) is 0 Å². The molecular formula is C23H25ClN2O2S2. The topological polar surface area (TPSA) is 44.1 Å². The molecule has 2 aromatic heterocycles. The maximum Gasteiger partial charge on any atom is 0.263 e. The Morgan fingerprint density at radius 3 is 2.80 bits per heavy atom. The number of nitrogens with zero attached hydrogens (tertiary/aromatic N) is 2. The number of para-hydroxylation sites is 1. The summed E-state index contributed by atoms with van der Waals surface area (Å²) in [6.45, 7) is 0.522. The summed E-state index contributed by atoms with van der Waals surface area (Å²) in [5.41, 5.74) is 1.46. The monoisotopic (exact) mass is 460 g/mol. The maximum atomic E-state index is 13.6. The van der Waals surface area contributed by atoms with Gasteiger partial charge in [-0.1, -0.05) is 48.3 Å². The van der Waals surface area contributed by atoms with Gasteiger partial charge in [0, 0.05) is 16.7 Å². The van der Waals surface area contributed by atoms with Gasteiger partial charge in [0.25, 0.3) is 5.56 Å². The largest absolute Gasteiger partial charge is 0.491 e. The lowest BCUT2D eigenvalue weighted by Crippen LogP contribution is -2.27. The first-order valence-electron chi connectivity index (χ1n) is 10.8. The second kappa shape index (κ2) is 8.93. The van der Waals surface area contributed by atoms with Gasteiger partial charge in [0.2, 0.25) is 0 Å². The van der Waals surface area contributed by atoms with Crippen LogP contribution >= 0.6 is 34.7 Å². The van der Waals surface area contributed by atoms with Crippen LogP contribution in [0.2, 0.25) is 5.02 Å². The Balaban J connectivity index is 1.43. The molecule has 0 N–H and O–H groups in total. The van der Waals surface area contributed by atoms with Gasteiger partial charge in [-0.05, 0) is 56.2 Å². The van der Waals surface area contributed by atoms with Crippen LogP contribution in [-0.2, 0) is 12.8 Å². The van der Waals surface area contributed by atoms with Crippen molar-refractivity contribution in [3.05, 3.63) is 50.1 Å². The molecule has 0 spiro atoms. The van der Waals surface area contributed by atoms with Crippen molar-refractivity contribution in [1.82, 2.24) is 9.55 Å². The number of thioether (sulfide) groups is 1. The summed E-state index contributed by atoms with van der Waals surface area (Å²) >= 11 is 9.53. The van der Waals surface area contributed by atoms with Crippen LogP contribution in [0.25, 0.3) is 10.2 Å². The van der Waals surface area contributed by atoms with E-state index in [0.717, 1.165) is 46.8 Å². The molecule has 1 aromatic carbocycles. The fourth-order valence-corrected chi connectivity index (χ4v) is 7.01. The molecule has 7 heteroatoms. The summed E-state index contributed by atoms with van der Waals surface area (Å²) in [5, 5.41) is 2.37. The second-order valence-corrected chi connectivity index (χ2v) is 10.6. The van der Waals surface area contributed by atoms with Crippen molar-refractivity contribution in [2.75, 3.05) is 12.4 Å². The Kier molecular flexibility index (Phi) is 6.07. The highest BCUT2D eigenvalue weighted by Crippen LogP contribution is 2.37. The summed E-state index contributed by atoms with van der Waals surface area (Å²) in [6, 6.07) is 7.79. The Bertz CT molecular complexity index is 1120. The minimum Gasteiger partial charge on any atom is -0.491 e. The minimum absolute atomic E-state index is 0.181. The highest BCUT2D eigenvalue weighted by molar-refractivity contribution is 7.99. The van der Waals surface area contributed by atoms with Crippen LogP contribution < -0.4 is 10.3 Å². The zero-order valence-electron chi connectivity index (χ0n) is 16.9. The number of halogens is 1. The smallest absolute Gasteiger partial charge is 0.263 e. The zero-order valence-corrected chi connectivity index (χ0v) is 19.3. The average molecular weight is 461 g/mol. The summed E-state index contributed by atoms with van der Waals surface area (Å²) in [6.07, 6.45) is 9.04. The van der Waals surface area contributed by atoms with Crippen LogP contribution in [0.5, 0.6) is 5.75 Å². The lowest BCUT2D eigenvalue weighted by Gasteiger charge is -2.18. The standard InChI is InChI=1S/C23H25ClN2O2S2/c24-17-10-4-5-11-18(17)28-13-14-29-23-25-21-20(16-9-3-6-12-19(16)30-21)22(27)26(23)15-7-1-2-8-15/h4-5,10-11,15H,1-3,6-9,12-14H2. The van der Waals surface area contributed by atoms with E-state index >= 15 is 0 Å². The van der Waals surface area contributed by atoms with Crippen LogP contribution in [0.4, 0.5) is 0 Å². The van der Waals surface area contributed by atoms with E-state index in [2.05, 4.69) is 0 Å². The Hall–Kier alpha value is -1.50. The van der Waals surface area contributed by atoms with E-state index in [0.29, 0.717) is 17.4 Å². The number of hydrogen-bond donors (Lipinski definition) is 0. The van der Waals surface area contributed by atoms with E-state index in [1.165, 1.54) is 36.1 Å². The first kappa shape index (κ1) is 20.4. The number of rotatable bonds is 6. The van der Waals surface area contributed by atoms with Gasteiger partial charge in [0.1, 0.15) is 10.6 Å². The third-order valence-corrected chi connectivity index (χ3v) is 8.50. The minimum atomic E-state index is 0.181.